The van der Waals surface area contributed by atoms with E-state index in [0.717, 1.165) is 13.2 Å². The molecule has 1 fully saturated rings. The molecule has 2 atom stereocenters. The number of ether oxygens (including phenoxy) is 1. The summed E-state index contributed by atoms with van der Waals surface area (Å²) in [6.45, 7) is 3.78. The standard InChI is InChI=1S/C5H12N2O/c1-5(4-8-2)3-7(5)6/h3-4,6H2,1-2H3. The maximum atomic E-state index is 5.44. The normalized spacial score (nSPS) is 44.6. The van der Waals surface area contributed by atoms with Gasteiger partial charge in [0, 0.05) is 13.7 Å². The third-order valence-corrected chi connectivity index (χ3v) is 1.56. The van der Waals surface area contributed by atoms with Crippen molar-refractivity contribution in [2.24, 2.45) is 5.84 Å². The van der Waals surface area contributed by atoms with E-state index in [2.05, 4.69) is 6.92 Å². The molecule has 1 aliphatic rings. The van der Waals surface area contributed by atoms with Gasteiger partial charge in [0.05, 0.1) is 12.1 Å². The fourth-order valence-electron chi connectivity index (χ4n) is 0.771. The molecule has 0 aliphatic carbocycles. The Hall–Kier alpha value is -0.120. The van der Waals surface area contributed by atoms with Crippen LogP contribution in [0.25, 0.3) is 0 Å². The molecule has 0 aromatic rings. The van der Waals surface area contributed by atoms with Crippen LogP contribution in [0.5, 0.6) is 0 Å². The molecule has 3 nitrogen and oxygen atoms in total. The molecule has 0 saturated carbocycles. The third-order valence-electron chi connectivity index (χ3n) is 1.56. The molecule has 3 heteroatoms. The molecule has 1 heterocycles. The van der Waals surface area contributed by atoms with Crippen LogP contribution in [-0.4, -0.2) is 30.8 Å². The van der Waals surface area contributed by atoms with Gasteiger partial charge < -0.3 is 4.74 Å². The lowest BCUT2D eigenvalue weighted by Gasteiger charge is -2.05. The quantitative estimate of drug-likeness (QED) is 0.393. The number of hydrogen-bond donors (Lipinski definition) is 1. The second-order valence-corrected chi connectivity index (χ2v) is 2.56. The first-order valence-electron chi connectivity index (χ1n) is 2.70. The average Bonchev–Trinajstić information content (AvgIpc) is 2.16. The van der Waals surface area contributed by atoms with Gasteiger partial charge in [-0.2, -0.15) is 0 Å². The Kier molecular flexibility index (Phi) is 1.27. The lowest BCUT2D eigenvalue weighted by molar-refractivity contribution is 0.155. The Morgan fingerprint density at radius 3 is 2.50 bits per heavy atom. The molecule has 8 heavy (non-hydrogen) atoms. The van der Waals surface area contributed by atoms with Crippen molar-refractivity contribution in [3.63, 3.8) is 0 Å². The summed E-state index contributed by atoms with van der Waals surface area (Å²) in [5.41, 5.74) is 0.148. The summed E-state index contributed by atoms with van der Waals surface area (Å²) in [4.78, 5) is 0. The molecule has 0 amide bonds. The molecule has 0 spiro atoms. The van der Waals surface area contributed by atoms with Gasteiger partial charge in [-0.1, -0.05) is 0 Å². The Morgan fingerprint density at radius 1 is 1.88 bits per heavy atom. The second kappa shape index (κ2) is 1.69. The summed E-state index contributed by atoms with van der Waals surface area (Å²) in [6, 6.07) is 0. The van der Waals surface area contributed by atoms with Gasteiger partial charge in [-0.25, -0.2) is 5.01 Å². The largest absolute Gasteiger partial charge is 0.383 e. The van der Waals surface area contributed by atoms with Crippen LogP contribution in [0.15, 0.2) is 0 Å². The SMILES string of the molecule is COCC1(C)CN1N. The van der Waals surface area contributed by atoms with Crippen LogP contribution in [0.4, 0.5) is 0 Å². The van der Waals surface area contributed by atoms with E-state index >= 15 is 0 Å². The van der Waals surface area contributed by atoms with Crippen molar-refractivity contribution in [3.8, 4) is 0 Å². The molecule has 1 aliphatic heterocycles. The molecule has 0 radical (unpaired) electrons. The summed E-state index contributed by atoms with van der Waals surface area (Å²) < 4.78 is 4.92. The van der Waals surface area contributed by atoms with Crippen LogP contribution >= 0.6 is 0 Å². The lowest BCUT2D eigenvalue weighted by atomic mass is 10.2. The minimum atomic E-state index is 0.148. The van der Waals surface area contributed by atoms with Crippen molar-refractivity contribution >= 4 is 0 Å². The molecule has 48 valence electrons. The molecule has 1 rings (SSSR count). The number of hydrazine groups is 1. The first-order valence-corrected chi connectivity index (χ1v) is 2.70. The Bertz CT molecular complexity index is 96.4. The van der Waals surface area contributed by atoms with Crippen LogP contribution in [0.3, 0.4) is 0 Å². The number of hydrogen-bond acceptors (Lipinski definition) is 3. The van der Waals surface area contributed by atoms with Gasteiger partial charge >= 0.3 is 0 Å². The third kappa shape index (κ3) is 0.844. The number of nitrogens with two attached hydrogens (primary N) is 1. The zero-order chi connectivity index (χ0) is 6.20. The number of methoxy groups -OCH3 is 1. The molecular weight excluding hydrogens is 104 g/mol. The Balaban J connectivity index is 2.25. The maximum absolute atomic E-state index is 5.44. The fourth-order valence-corrected chi connectivity index (χ4v) is 0.771. The highest BCUT2D eigenvalue weighted by Crippen LogP contribution is 2.26. The summed E-state index contributed by atoms with van der Waals surface area (Å²) in [5.74, 6) is 5.44. The molecule has 1 saturated heterocycles. The molecule has 0 aromatic carbocycles. The summed E-state index contributed by atoms with van der Waals surface area (Å²) in [5, 5.41) is 1.77. The van der Waals surface area contributed by atoms with Crippen LogP contribution in [-0.2, 0) is 4.74 Å². The predicted octanol–water partition coefficient (Wildman–Crippen LogP) is -0.419. The van der Waals surface area contributed by atoms with Crippen molar-refractivity contribution in [1.82, 2.24) is 5.01 Å². The smallest absolute Gasteiger partial charge is 0.0697 e. The highest BCUT2D eigenvalue weighted by molar-refractivity contribution is 4.99. The van der Waals surface area contributed by atoms with Crippen LogP contribution in [0.2, 0.25) is 0 Å². The highest BCUT2D eigenvalue weighted by Gasteiger charge is 2.45. The minimum absolute atomic E-state index is 0.148. The van der Waals surface area contributed by atoms with Gasteiger partial charge in [0.15, 0.2) is 0 Å². The van der Waals surface area contributed by atoms with Crippen molar-refractivity contribution < 1.29 is 4.74 Å². The van der Waals surface area contributed by atoms with Gasteiger partial charge in [0.2, 0.25) is 0 Å². The topological polar surface area (TPSA) is 38.3 Å². The van der Waals surface area contributed by atoms with E-state index in [4.69, 9.17) is 10.6 Å². The Labute approximate surface area is 49.4 Å². The van der Waals surface area contributed by atoms with Crippen molar-refractivity contribution in [3.05, 3.63) is 0 Å². The van der Waals surface area contributed by atoms with E-state index in [0.29, 0.717) is 0 Å². The first-order chi connectivity index (χ1) is 3.69. The van der Waals surface area contributed by atoms with Crippen molar-refractivity contribution in [1.29, 1.82) is 0 Å². The van der Waals surface area contributed by atoms with E-state index in [1.54, 1.807) is 12.1 Å². The predicted molar refractivity (Wildman–Crippen MR) is 31.2 cm³/mol. The molecule has 0 aromatic heterocycles. The van der Waals surface area contributed by atoms with Crippen LogP contribution in [0, 0.1) is 0 Å². The van der Waals surface area contributed by atoms with E-state index in [-0.39, 0.29) is 5.54 Å². The zero-order valence-corrected chi connectivity index (χ0v) is 5.35. The van der Waals surface area contributed by atoms with Gasteiger partial charge in [-0.3, -0.25) is 5.84 Å². The van der Waals surface area contributed by atoms with E-state index < -0.39 is 0 Å². The van der Waals surface area contributed by atoms with Gasteiger partial charge in [-0.15, -0.1) is 0 Å². The molecular formula is C5H12N2O. The summed E-state index contributed by atoms with van der Waals surface area (Å²) in [6.07, 6.45) is 0. The van der Waals surface area contributed by atoms with Crippen molar-refractivity contribution in [2.75, 3.05) is 20.3 Å². The number of nitrogens with zero attached hydrogens (tertiary/aromatic N) is 1. The van der Waals surface area contributed by atoms with E-state index in [9.17, 15) is 0 Å². The second-order valence-electron chi connectivity index (χ2n) is 2.56. The highest BCUT2D eigenvalue weighted by atomic mass is 16.5. The molecule has 2 N–H and O–H groups in total. The monoisotopic (exact) mass is 116 g/mol. The maximum Gasteiger partial charge on any atom is 0.0697 e. The zero-order valence-electron chi connectivity index (χ0n) is 5.35. The van der Waals surface area contributed by atoms with Crippen molar-refractivity contribution in [2.45, 2.75) is 12.5 Å². The van der Waals surface area contributed by atoms with Gasteiger partial charge in [0.1, 0.15) is 0 Å². The summed E-state index contributed by atoms with van der Waals surface area (Å²) >= 11 is 0. The minimum Gasteiger partial charge on any atom is -0.383 e. The first kappa shape index (κ1) is 6.01. The number of rotatable bonds is 2. The van der Waals surface area contributed by atoms with Gasteiger partial charge in [-0.05, 0) is 6.92 Å². The van der Waals surface area contributed by atoms with Crippen LogP contribution < -0.4 is 5.84 Å². The lowest BCUT2D eigenvalue weighted by Crippen LogP contribution is -2.24. The van der Waals surface area contributed by atoms with E-state index in [1.165, 1.54) is 0 Å². The molecule has 0 bridgehead atoms. The summed E-state index contributed by atoms with van der Waals surface area (Å²) in [7, 11) is 1.69. The Morgan fingerprint density at radius 2 is 2.38 bits per heavy atom. The molecule has 2 unspecified atom stereocenters. The van der Waals surface area contributed by atoms with Gasteiger partial charge in [0.25, 0.3) is 0 Å². The van der Waals surface area contributed by atoms with Crippen LogP contribution in [0.1, 0.15) is 6.92 Å². The average molecular weight is 116 g/mol. The van der Waals surface area contributed by atoms with E-state index in [1.807, 2.05) is 0 Å². The fraction of sp³-hybridized carbons (Fsp3) is 1.00.